The number of halogens is 2. The summed E-state index contributed by atoms with van der Waals surface area (Å²) in [4.78, 5) is 0. The predicted octanol–water partition coefficient (Wildman–Crippen LogP) is 1.86. The number of rotatable bonds is 4. The molecule has 0 saturated carbocycles. The van der Waals surface area contributed by atoms with Gasteiger partial charge in [-0.3, -0.25) is 0 Å². The predicted molar refractivity (Wildman–Crippen MR) is 50.3 cm³/mol. The van der Waals surface area contributed by atoms with E-state index in [2.05, 4.69) is 0 Å². The van der Waals surface area contributed by atoms with Gasteiger partial charge < -0.3 is 10.5 Å². The Hall–Kier alpha value is -1.16. The SMILES string of the molecule is COc1c(F)cc(F)cc1CCCN. The zero-order valence-electron chi connectivity index (χ0n) is 8.02. The second-order valence-corrected chi connectivity index (χ2v) is 2.97. The zero-order valence-corrected chi connectivity index (χ0v) is 8.02. The topological polar surface area (TPSA) is 35.2 Å². The molecule has 0 aliphatic carbocycles. The van der Waals surface area contributed by atoms with Gasteiger partial charge in [-0.25, -0.2) is 8.78 Å². The van der Waals surface area contributed by atoms with Gasteiger partial charge in [0.05, 0.1) is 7.11 Å². The smallest absolute Gasteiger partial charge is 0.168 e. The van der Waals surface area contributed by atoms with Crippen LogP contribution in [0.25, 0.3) is 0 Å². The van der Waals surface area contributed by atoms with Crippen LogP contribution < -0.4 is 10.5 Å². The van der Waals surface area contributed by atoms with Crippen LogP contribution in [0.5, 0.6) is 5.75 Å². The molecule has 0 heterocycles. The van der Waals surface area contributed by atoms with Crippen LogP contribution in [0.4, 0.5) is 8.78 Å². The minimum Gasteiger partial charge on any atom is -0.493 e. The summed E-state index contributed by atoms with van der Waals surface area (Å²) in [6.45, 7) is 0.487. The molecule has 1 aromatic carbocycles. The van der Waals surface area contributed by atoms with Crippen molar-refractivity contribution in [1.29, 1.82) is 0 Å². The molecule has 0 aliphatic heterocycles. The Balaban J connectivity index is 2.99. The van der Waals surface area contributed by atoms with E-state index < -0.39 is 11.6 Å². The molecule has 0 aliphatic rings. The Bertz CT molecular complexity index is 315. The lowest BCUT2D eigenvalue weighted by atomic mass is 10.1. The molecule has 0 fully saturated rings. The fourth-order valence-electron chi connectivity index (χ4n) is 1.32. The summed E-state index contributed by atoms with van der Waals surface area (Å²) in [5, 5.41) is 0. The largest absolute Gasteiger partial charge is 0.493 e. The first-order valence-electron chi connectivity index (χ1n) is 4.41. The Morgan fingerprint density at radius 3 is 2.64 bits per heavy atom. The van der Waals surface area contributed by atoms with Crippen molar-refractivity contribution in [2.75, 3.05) is 13.7 Å². The lowest BCUT2D eigenvalue weighted by Gasteiger charge is -2.08. The maximum atomic E-state index is 13.1. The van der Waals surface area contributed by atoms with Crippen molar-refractivity contribution in [2.45, 2.75) is 12.8 Å². The molecule has 0 radical (unpaired) electrons. The first kappa shape index (κ1) is 10.9. The Morgan fingerprint density at radius 1 is 1.36 bits per heavy atom. The molecule has 2 nitrogen and oxygen atoms in total. The van der Waals surface area contributed by atoms with E-state index in [0.717, 1.165) is 6.07 Å². The molecule has 0 atom stereocenters. The first-order chi connectivity index (χ1) is 6.69. The summed E-state index contributed by atoms with van der Waals surface area (Å²) < 4.78 is 30.8. The van der Waals surface area contributed by atoms with Crippen LogP contribution in [0.1, 0.15) is 12.0 Å². The highest BCUT2D eigenvalue weighted by atomic mass is 19.1. The van der Waals surface area contributed by atoms with Crippen molar-refractivity contribution < 1.29 is 13.5 Å². The van der Waals surface area contributed by atoms with E-state index in [4.69, 9.17) is 10.5 Å². The number of benzene rings is 1. The van der Waals surface area contributed by atoms with Gasteiger partial charge in [-0.15, -0.1) is 0 Å². The normalized spacial score (nSPS) is 10.3. The van der Waals surface area contributed by atoms with Crippen LogP contribution in [0.2, 0.25) is 0 Å². The summed E-state index contributed by atoms with van der Waals surface area (Å²) in [6.07, 6.45) is 1.20. The highest BCUT2D eigenvalue weighted by Crippen LogP contribution is 2.24. The highest BCUT2D eigenvalue weighted by Gasteiger charge is 2.10. The van der Waals surface area contributed by atoms with Crippen LogP contribution in [0, 0.1) is 11.6 Å². The van der Waals surface area contributed by atoms with Crippen LogP contribution in [-0.2, 0) is 6.42 Å². The Labute approximate surface area is 81.7 Å². The van der Waals surface area contributed by atoms with Gasteiger partial charge in [0.25, 0.3) is 0 Å². The summed E-state index contributed by atoms with van der Waals surface area (Å²) in [6, 6.07) is 2.09. The average molecular weight is 201 g/mol. The fraction of sp³-hybridized carbons (Fsp3) is 0.400. The molecule has 1 aromatic rings. The van der Waals surface area contributed by atoms with Crippen molar-refractivity contribution in [3.8, 4) is 5.75 Å². The highest BCUT2D eigenvalue weighted by molar-refractivity contribution is 5.35. The lowest BCUT2D eigenvalue weighted by Crippen LogP contribution is -2.03. The molecule has 0 unspecified atom stereocenters. The first-order valence-corrected chi connectivity index (χ1v) is 4.41. The van der Waals surface area contributed by atoms with Crippen molar-refractivity contribution in [1.82, 2.24) is 0 Å². The van der Waals surface area contributed by atoms with E-state index in [1.807, 2.05) is 0 Å². The molecule has 0 spiro atoms. The van der Waals surface area contributed by atoms with Crippen LogP contribution >= 0.6 is 0 Å². The zero-order chi connectivity index (χ0) is 10.6. The molecule has 78 valence electrons. The molecule has 14 heavy (non-hydrogen) atoms. The molecule has 0 saturated heterocycles. The van der Waals surface area contributed by atoms with E-state index in [-0.39, 0.29) is 5.75 Å². The van der Waals surface area contributed by atoms with Gasteiger partial charge in [-0.1, -0.05) is 0 Å². The maximum Gasteiger partial charge on any atom is 0.168 e. The number of aryl methyl sites for hydroxylation is 1. The van der Waals surface area contributed by atoms with Gasteiger partial charge >= 0.3 is 0 Å². The van der Waals surface area contributed by atoms with Crippen LogP contribution in [-0.4, -0.2) is 13.7 Å². The number of hydrogen-bond donors (Lipinski definition) is 1. The molecule has 1 rings (SSSR count). The molecule has 0 amide bonds. The van der Waals surface area contributed by atoms with Crippen LogP contribution in [0.15, 0.2) is 12.1 Å². The van der Waals surface area contributed by atoms with Crippen molar-refractivity contribution in [2.24, 2.45) is 5.73 Å². The van der Waals surface area contributed by atoms with E-state index in [1.54, 1.807) is 0 Å². The molecule has 0 aromatic heterocycles. The quantitative estimate of drug-likeness (QED) is 0.807. The van der Waals surface area contributed by atoms with Gasteiger partial charge in [0.15, 0.2) is 11.6 Å². The van der Waals surface area contributed by atoms with Crippen LogP contribution in [0.3, 0.4) is 0 Å². The molecular formula is C10H13F2NO. The van der Waals surface area contributed by atoms with E-state index in [9.17, 15) is 8.78 Å². The van der Waals surface area contributed by atoms with Gasteiger partial charge in [-0.2, -0.15) is 0 Å². The fourth-order valence-corrected chi connectivity index (χ4v) is 1.32. The van der Waals surface area contributed by atoms with Crippen molar-refractivity contribution in [3.63, 3.8) is 0 Å². The average Bonchev–Trinajstić information content (AvgIpc) is 2.14. The summed E-state index contributed by atoms with van der Waals surface area (Å²) >= 11 is 0. The third-order valence-electron chi connectivity index (χ3n) is 1.94. The standard InChI is InChI=1S/C10H13F2NO/c1-14-10-7(3-2-4-13)5-8(11)6-9(10)12/h5-6H,2-4,13H2,1H3. The lowest BCUT2D eigenvalue weighted by molar-refractivity contribution is 0.378. The third-order valence-corrected chi connectivity index (χ3v) is 1.94. The number of methoxy groups -OCH3 is 1. The molecule has 2 N–H and O–H groups in total. The van der Waals surface area contributed by atoms with Crippen molar-refractivity contribution >= 4 is 0 Å². The second-order valence-electron chi connectivity index (χ2n) is 2.97. The monoisotopic (exact) mass is 201 g/mol. The third kappa shape index (κ3) is 2.42. The minimum absolute atomic E-state index is 0.111. The van der Waals surface area contributed by atoms with Gasteiger partial charge in [0.1, 0.15) is 5.82 Å². The number of hydrogen-bond acceptors (Lipinski definition) is 2. The second kappa shape index (κ2) is 4.91. The molecule has 4 heteroatoms. The summed E-state index contributed by atoms with van der Waals surface area (Å²) in [5.41, 5.74) is 5.84. The maximum absolute atomic E-state index is 13.1. The number of nitrogens with two attached hydrogens (primary N) is 1. The van der Waals surface area contributed by atoms with Gasteiger partial charge in [-0.05, 0) is 25.5 Å². The molecular weight excluding hydrogens is 188 g/mol. The summed E-state index contributed by atoms with van der Waals surface area (Å²) in [7, 11) is 1.36. The van der Waals surface area contributed by atoms with Gasteiger partial charge in [0.2, 0.25) is 0 Å². The Kier molecular flexibility index (Phi) is 3.83. The minimum atomic E-state index is -0.667. The Morgan fingerprint density at radius 2 is 2.07 bits per heavy atom. The van der Waals surface area contributed by atoms with Gasteiger partial charge in [0, 0.05) is 11.6 Å². The molecule has 0 bridgehead atoms. The van der Waals surface area contributed by atoms with Crippen molar-refractivity contribution in [3.05, 3.63) is 29.3 Å². The number of ether oxygens (including phenoxy) is 1. The van der Waals surface area contributed by atoms with E-state index in [0.29, 0.717) is 24.9 Å². The van der Waals surface area contributed by atoms with E-state index >= 15 is 0 Å². The van der Waals surface area contributed by atoms with E-state index in [1.165, 1.54) is 13.2 Å². The summed E-state index contributed by atoms with van der Waals surface area (Å²) in [5.74, 6) is -1.14.